The first kappa shape index (κ1) is 37.4. The summed E-state index contributed by atoms with van der Waals surface area (Å²) in [6.45, 7) is 3.46. The minimum atomic E-state index is -4.24. The van der Waals surface area contributed by atoms with Crippen LogP contribution in [0.3, 0.4) is 0 Å². The molecule has 0 unspecified atom stereocenters. The molecule has 1 N–H and O–H groups in total. The molecule has 1 atom stereocenters. The van der Waals surface area contributed by atoms with E-state index in [0.717, 1.165) is 58.7 Å². The van der Waals surface area contributed by atoms with Crippen LogP contribution in [0.1, 0.15) is 54.4 Å². The van der Waals surface area contributed by atoms with E-state index in [4.69, 9.17) is 4.74 Å². The SMILES string of the molecule is Cc1ccc(S(=O)(=O)N(CC(=O)N(Cc2ccccc2C)[C@@H](Cc2ccccc2)C(=O)NC2CCCCC2)c2ccc(Oc3ccccc3)cc2)cc1. The molecule has 1 aliphatic carbocycles. The molecular weight excluding hydrogens is 683 g/mol. The van der Waals surface area contributed by atoms with Crippen molar-refractivity contribution in [1.82, 2.24) is 10.2 Å². The lowest BCUT2D eigenvalue weighted by molar-refractivity contribution is -0.140. The first-order valence-electron chi connectivity index (χ1n) is 18.3. The highest BCUT2D eigenvalue weighted by molar-refractivity contribution is 7.92. The van der Waals surface area contributed by atoms with E-state index in [9.17, 15) is 18.0 Å². The summed E-state index contributed by atoms with van der Waals surface area (Å²) in [6.07, 6.45) is 5.28. The van der Waals surface area contributed by atoms with Gasteiger partial charge in [-0.3, -0.25) is 13.9 Å². The van der Waals surface area contributed by atoms with Crippen LogP contribution >= 0.6 is 0 Å². The average Bonchev–Trinajstić information content (AvgIpc) is 3.17. The first-order valence-corrected chi connectivity index (χ1v) is 19.7. The molecule has 9 heteroatoms. The van der Waals surface area contributed by atoms with E-state index < -0.39 is 28.5 Å². The van der Waals surface area contributed by atoms with Gasteiger partial charge in [0.2, 0.25) is 11.8 Å². The van der Waals surface area contributed by atoms with Crippen LogP contribution in [0, 0.1) is 13.8 Å². The van der Waals surface area contributed by atoms with Crippen molar-refractivity contribution in [2.24, 2.45) is 0 Å². The van der Waals surface area contributed by atoms with Crippen LogP contribution in [0.5, 0.6) is 11.5 Å². The van der Waals surface area contributed by atoms with Gasteiger partial charge in [-0.2, -0.15) is 0 Å². The summed E-state index contributed by atoms with van der Waals surface area (Å²) in [5.41, 5.74) is 3.94. The van der Waals surface area contributed by atoms with Crippen LogP contribution in [-0.4, -0.2) is 43.8 Å². The number of anilines is 1. The van der Waals surface area contributed by atoms with E-state index in [1.165, 1.54) is 0 Å². The molecule has 5 aromatic rings. The number of rotatable bonds is 14. The number of sulfonamides is 1. The van der Waals surface area contributed by atoms with Gasteiger partial charge >= 0.3 is 0 Å². The Hall–Kier alpha value is -5.41. The highest BCUT2D eigenvalue weighted by atomic mass is 32.2. The lowest BCUT2D eigenvalue weighted by Crippen LogP contribution is -2.55. The van der Waals surface area contributed by atoms with Gasteiger partial charge in [-0.15, -0.1) is 0 Å². The lowest BCUT2D eigenvalue weighted by atomic mass is 9.94. The van der Waals surface area contributed by atoms with E-state index in [-0.39, 0.29) is 29.8 Å². The maximum Gasteiger partial charge on any atom is 0.264 e. The van der Waals surface area contributed by atoms with Gasteiger partial charge in [-0.25, -0.2) is 8.42 Å². The van der Waals surface area contributed by atoms with E-state index >= 15 is 0 Å². The van der Waals surface area contributed by atoms with Gasteiger partial charge in [-0.05, 0) is 91.9 Å². The Morgan fingerprint density at radius 1 is 0.736 bits per heavy atom. The summed E-state index contributed by atoms with van der Waals surface area (Å²) in [7, 11) is -4.24. The van der Waals surface area contributed by atoms with Crippen molar-refractivity contribution in [2.45, 2.75) is 75.9 Å². The van der Waals surface area contributed by atoms with Gasteiger partial charge in [0.15, 0.2) is 0 Å². The normalized spacial score (nSPS) is 13.8. The third-order valence-electron chi connectivity index (χ3n) is 9.82. The van der Waals surface area contributed by atoms with Crippen molar-refractivity contribution in [1.29, 1.82) is 0 Å². The Morgan fingerprint density at radius 2 is 1.34 bits per heavy atom. The van der Waals surface area contributed by atoms with E-state index in [1.54, 1.807) is 53.4 Å². The third-order valence-corrected chi connectivity index (χ3v) is 11.6. The highest BCUT2D eigenvalue weighted by Gasteiger charge is 2.35. The number of benzene rings is 5. The summed E-state index contributed by atoms with van der Waals surface area (Å²) >= 11 is 0. The van der Waals surface area contributed by atoms with Crippen molar-refractivity contribution < 1.29 is 22.7 Å². The van der Waals surface area contributed by atoms with Gasteiger partial charge in [-0.1, -0.05) is 110 Å². The predicted octanol–water partition coefficient (Wildman–Crippen LogP) is 8.38. The number of carbonyl (C=O) groups excluding carboxylic acids is 2. The molecule has 6 rings (SSSR count). The van der Waals surface area contributed by atoms with Crippen molar-refractivity contribution in [2.75, 3.05) is 10.8 Å². The molecule has 53 heavy (non-hydrogen) atoms. The van der Waals surface area contributed by atoms with Crippen LogP contribution in [0.2, 0.25) is 0 Å². The second-order valence-electron chi connectivity index (χ2n) is 13.7. The summed E-state index contributed by atoms with van der Waals surface area (Å²) in [4.78, 5) is 30.9. The monoisotopic (exact) mass is 729 g/mol. The summed E-state index contributed by atoms with van der Waals surface area (Å²) in [5.74, 6) is 0.427. The molecule has 0 aromatic heterocycles. The van der Waals surface area contributed by atoms with E-state index in [1.807, 2.05) is 98.8 Å². The van der Waals surface area contributed by atoms with Crippen LogP contribution < -0.4 is 14.4 Å². The van der Waals surface area contributed by atoms with E-state index in [0.29, 0.717) is 17.2 Å². The zero-order valence-corrected chi connectivity index (χ0v) is 31.2. The number of hydrogen-bond donors (Lipinski definition) is 1. The zero-order chi connectivity index (χ0) is 37.2. The summed E-state index contributed by atoms with van der Waals surface area (Å²) in [5, 5.41) is 3.27. The molecule has 1 fully saturated rings. The number of hydrogen-bond acceptors (Lipinski definition) is 5. The summed E-state index contributed by atoms with van der Waals surface area (Å²) < 4.78 is 36.1. The quantitative estimate of drug-likeness (QED) is 0.124. The first-order chi connectivity index (χ1) is 25.7. The Balaban J connectivity index is 1.39. The fraction of sp³-hybridized carbons (Fsp3) is 0.273. The zero-order valence-electron chi connectivity index (χ0n) is 30.4. The topological polar surface area (TPSA) is 96.0 Å². The highest BCUT2D eigenvalue weighted by Crippen LogP contribution is 2.29. The molecule has 0 bridgehead atoms. The van der Waals surface area contributed by atoms with Crippen molar-refractivity contribution >= 4 is 27.5 Å². The fourth-order valence-electron chi connectivity index (χ4n) is 6.74. The van der Waals surface area contributed by atoms with Crippen LogP contribution in [0.25, 0.3) is 0 Å². The number of carbonyl (C=O) groups is 2. The molecule has 0 saturated heterocycles. The molecule has 1 aliphatic rings. The van der Waals surface area contributed by atoms with Gasteiger partial charge in [0.1, 0.15) is 24.1 Å². The van der Waals surface area contributed by atoms with Crippen LogP contribution in [-0.2, 0) is 32.6 Å². The van der Waals surface area contributed by atoms with E-state index in [2.05, 4.69) is 5.32 Å². The molecule has 1 saturated carbocycles. The number of amides is 2. The second kappa shape index (κ2) is 17.4. The molecule has 0 heterocycles. The van der Waals surface area contributed by atoms with Crippen molar-refractivity contribution in [3.05, 3.63) is 156 Å². The largest absolute Gasteiger partial charge is 0.457 e. The standard InChI is InChI=1S/C44H47N3O5S/c1-33-22-28-41(29-23-33)53(50,51)47(38-24-26-40(27-25-38)52-39-20-10-5-11-21-39)32-43(48)46(31-36-17-13-12-14-34(36)2)42(30-35-15-6-3-7-16-35)44(49)45-37-18-8-4-9-19-37/h3,5-7,10-17,20-29,37,42H,4,8-9,18-19,30-32H2,1-2H3,(H,45,49)/t42-/m0/s1. The molecule has 2 amide bonds. The summed E-state index contributed by atoms with van der Waals surface area (Å²) in [6, 6.07) is 39.1. The van der Waals surface area contributed by atoms with Gasteiger partial charge in [0.25, 0.3) is 10.0 Å². The Morgan fingerprint density at radius 3 is 2.00 bits per heavy atom. The average molecular weight is 730 g/mol. The lowest BCUT2D eigenvalue weighted by Gasteiger charge is -2.35. The van der Waals surface area contributed by atoms with Crippen molar-refractivity contribution in [3.63, 3.8) is 0 Å². The maximum absolute atomic E-state index is 14.9. The number of aryl methyl sites for hydroxylation is 2. The minimum Gasteiger partial charge on any atom is -0.457 e. The van der Waals surface area contributed by atoms with Gasteiger partial charge in [0, 0.05) is 19.0 Å². The third kappa shape index (κ3) is 9.73. The Labute approximate surface area is 313 Å². The molecule has 8 nitrogen and oxygen atoms in total. The molecule has 5 aromatic carbocycles. The number of nitrogens with one attached hydrogen (secondary N) is 1. The van der Waals surface area contributed by atoms with Crippen LogP contribution in [0.4, 0.5) is 5.69 Å². The Bertz CT molecular complexity index is 2070. The minimum absolute atomic E-state index is 0.0277. The number of ether oxygens (including phenoxy) is 1. The predicted molar refractivity (Wildman–Crippen MR) is 209 cm³/mol. The molecule has 0 spiro atoms. The van der Waals surface area contributed by atoms with Crippen molar-refractivity contribution in [3.8, 4) is 11.5 Å². The van der Waals surface area contributed by atoms with Crippen LogP contribution in [0.15, 0.2) is 138 Å². The molecule has 274 valence electrons. The maximum atomic E-state index is 14.9. The molecular formula is C44H47N3O5S. The van der Waals surface area contributed by atoms with Gasteiger partial charge in [0.05, 0.1) is 10.6 Å². The number of para-hydroxylation sites is 1. The smallest absolute Gasteiger partial charge is 0.264 e. The molecule has 0 radical (unpaired) electrons. The number of nitrogens with zero attached hydrogens (tertiary/aromatic N) is 2. The molecule has 0 aliphatic heterocycles. The van der Waals surface area contributed by atoms with Gasteiger partial charge < -0.3 is 15.0 Å². The second-order valence-corrected chi connectivity index (χ2v) is 15.6. The Kier molecular flexibility index (Phi) is 12.3. The fourth-order valence-corrected chi connectivity index (χ4v) is 8.15.